The van der Waals surface area contributed by atoms with E-state index < -0.39 is 0 Å². The van der Waals surface area contributed by atoms with E-state index in [2.05, 4.69) is 71.7 Å². The standard InChI is InChI=1S/C49H31N7/c1-4-13-32(14-5-1)42-31-43(53-46(52-42)34-15-6-2-7-16-34)38-21-10-19-36(29-38)37-20-11-22-39(30-37)48-54-47(35-17-8-3-9-18-35)55-49(56-48)41-26-28-51-45-40(41)25-24-33-23-12-27-50-44(33)45/h1-31H. The Kier molecular flexibility index (Phi) is 8.35. The molecule has 56 heavy (non-hydrogen) atoms. The molecule has 10 aromatic rings. The van der Waals surface area contributed by atoms with Crippen LogP contribution in [0.3, 0.4) is 0 Å². The largest absolute Gasteiger partial charge is 0.254 e. The Morgan fingerprint density at radius 1 is 0.286 bits per heavy atom. The first kappa shape index (κ1) is 32.8. The minimum absolute atomic E-state index is 0.566. The Bertz CT molecular complexity index is 2970. The van der Waals surface area contributed by atoms with Gasteiger partial charge >= 0.3 is 0 Å². The van der Waals surface area contributed by atoms with Gasteiger partial charge in [-0.05, 0) is 41.5 Å². The predicted molar refractivity (Wildman–Crippen MR) is 224 cm³/mol. The molecule has 0 spiro atoms. The molecule has 0 fully saturated rings. The van der Waals surface area contributed by atoms with Gasteiger partial charge in [0.15, 0.2) is 23.3 Å². The lowest BCUT2D eigenvalue weighted by atomic mass is 9.99. The van der Waals surface area contributed by atoms with Crippen LogP contribution in [-0.4, -0.2) is 34.9 Å². The van der Waals surface area contributed by atoms with Crippen LogP contribution >= 0.6 is 0 Å². The van der Waals surface area contributed by atoms with Crippen molar-refractivity contribution >= 4 is 21.8 Å². The molecule has 7 nitrogen and oxygen atoms in total. The fraction of sp³-hybridized carbons (Fsp3) is 0. The quantitative estimate of drug-likeness (QED) is 0.152. The Balaban J connectivity index is 1.08. The second-order valence-electron chi connectivity index (χ2n) is 13.4. The average Bonchev–Trinajstić information content (AvgIpc) is 3.29. The fourth-order valence-corrected chi connectivity index (χ4v) is 7.05. The van der Waals surface area contributed by atoms with Crippen LogP contribution in [0.5, 0.6) is 0 Å². The summed E-state index contributed by atoms with van der Waals surface area (Å²) in [4.78, 5) is 34.6. The third-order valence-electron chi connectivity index (χ3n) is 9.83. The van der Waals surface area contributed by atoms with Crippen molar-refractivity contribution in [2.24, 2.45) is 0 Å². The van der Waals surface area contributed by atoms with Gasteiger partial charge in [0.05, 0.1) is 22.4 Å². The molecule has 6 aromatic carbocycles. The van der Waals surface area contributed by atoms with Crippen LogP contribution in [0.1, 0.15) is 0 Å². The molecule has 0 aliphatic carbocycles. The Morgan fingerprint density at radius 3 is 1.50 bits per heavy atom. The van der Waals surface area contributed by atoms with Crippen LogP contribution in [0.15, 0.2) is 188 Å². The molecule has 4 aromatic heterocycles. The van der Waals surface area contributed by atoms with Crippen molar-refractivity contribution in [1.82, 2.24) is 34.9 Å². The van der Waals surface area contributed by atoms with Crippen molar-refractivity contribution in [2.75, 3.05) is 0 Å². The number of pyridine rings is 2. The van der Waals surface area contributed by atoms with E-state index in [9.17, 15) is 0 Å². The van der Waals surface area contributed by atoms with Crippen molar-refractivity contribution in [3.8, 4) is 79.2 Å². The summed E-state index contributed by atoms with van der Waals surface area (Å²) in [7, 11) is 0. The van der Waals surface area contributed by atoms with Gasteiger partial charge in [0.1, 0.15) is 0 Å². The molecule has 0 unspecified atom stereocenters. The number of benzene rings is 6. The molecule has 0 aliphatic rings. The highest BCUT2D eigenvalue weighted by Gasteiger charge is 2.17. The maximum Gasteiger partial charge on any atom is 0.164 e. The highest BCUT2D eigenvalue weighted by molar-refractivity contribution is 6.07. The molecule has 0 atom stereocenters. The van der Waals surface area contributed by atoms with Gasteiger partial charge in [0.25, 0.3) is 0 Å². The van der Waals surface area contributed by atoms with Crippen molar-refractivity contribution in [3.05, 3.63) is 188 Å². The van der Waals surface area contributed by atoms with Gasteiger partial charge in [0, 0.05) is 56.5 Å². The predicted octanol–water partition coefficient (Wildman–Crippen LogP) is 11.4. The summed E-state index contributed by atoms with van der Waals surface area (Å²) in [6, 6.07) is 59.4. The highest BCUT2D eigenvalue weighted by Crippen LogP contribution is 2.34. The lowest BCUT2D eigenvalue weighted by Gasteiger charge is -2.12. The molecule has 7 heteroatoms. The average molecular weight is 718 g/mol. The van der Waals surface area contributed by atoms with Crippen LogP contribution in [0.2, 0.25) is 0 Å². The van der Waals surface area contributed by atoms with Gasteiger partial charge in [-0.1, -0.05) is 146 Å². The molecule has 0 N–H and O–H groups in total. The van der Waals surface area contributed by atoms with E-state index in [4.69, 9.17) is 29.9 Å². The molecule has 0 amide bonds. The number of hydrogen-bond acceptors (Lipinski definition) is 7. The first-order chi connectivity index (χ1) is 27.7. The van der Waals surface area contributed by atoms with Gasteiger partial charge in [-0.3, -0.25) is 9.97 Å². The zero-order valence-corrected chi connectivity index (χ0v) is 30.0. The van der Waals surface area contributed by atoms with Crippen LogP contribution < -0.4 is 0 Å². The number of nitrogens with zero attached hydrogens (tertiary/aromatic N) is 7. The van der Waals surface area contributed by atoms with Crippen molar-refractivity contribution in [3.63, 3.8) is 0 Å². The van der Waals surface area contributed by atoms with Crippen LogP contribution in [-0.2, 0) is 0 Å². The lowest BCUT2D eigenvalue weighted by Crippen LogP contribution is -2.01. The Labute approximate surface area is 323 Å². The summed E-state index contributed by atoms with van der Waals surface area (Å²) < 4.78 is 0. The van der Waals surface area contributed by atoms with E-state index in [1.807, 2.05) is 109 Å². The van der Waals surface area contributed by atoms with Crippen LogP contribution in [0.25, 0.3) is 101 Å². The lowest BCUT2D eigenvalue weighted by molar-refractivity contribution is 1.08. The van der Waals surface area contributed by atoms with E-state index in [-0.39, 0.29) is 0 Å². The molecular weight excluding hydrogens is 687 g/mol. The second kappa shape index (κ2) is 14.2. The molecule has 0 bridgehead atoms. The zero-order valence-electron chi connectivity index (χ0n) is 30.0. The number of aromatic nitrogens is 7. The van der Waals surface area contributed by atoms with Crippen molar-refractivity contribution < 1.29 is 0 Å². The zero-order chi connectivity index (χ0) is 37.3. The molecule has 0 aliphatic heterocycles. The summed E-state index contributed by atoms with van der Waals surface area (Å²) in [6.07, 6.45) is 3.60. The summed E-state index contributed by atoms with van der Waals surface area (Å²) in [6.45, 7) is 0. The van der Waals surface area contributed by atoms with Gasteiger partial charge in [-0.25, -0.2) is 24.9 Å². The van der Waals surface area contributed by atoms with E-state index in [0.29, 0.717) is 23.3 Å². The number of hydrogen-bond donors (Lipinski definition) is 0. The molecule has 4 heterocycles. The Morgan fingerprint density at radius 2 is 0.804 bits per heavy atom. The summed E-state index contributed by atoms with van der Waals surface area (Å²) in [5.41, 5.74) is 11.1. The van der Waals surface area contributed by atoms with Crippen LogP contribution in [0.4, 0.5) is 0 Å². The minimum atomic E-state index is 0.566. The topological polar surface area (TPSA) is 90.2 Å². The summed E-state index contributed by atoms with van der Waals surface area (Å²) in [5.74, 6) is 2.41. The molecular formula is C49H31N7. The molecule has 262 valence electrons. The molecule has 10 rings (SSSR count). The first-order valence-corrected chi connectivity index (χ1v) is 18.4. The summed E-state index contributed by atoms with van der Waals surface area (Å²) in [5, 5.41) is 1.95. The van der Waals surface area contributed by atoms with E-state index >= 15 is 0 Å². The summed E-state index contributed by atoms with van der Waals surface area (Å²) >= 11 is 0. The SMILES string of the molecule is c1ccc(-c2cc(-c3cccc(-c4cccc(-c5nc(-c6ccccc6)nc(-c6ccnc7c6ccc6cccnc67)n5)c4)c3)nc(-c3ccccc3)n2)cc1. The van der Waals surface area contributed by atoms with Gasteiger partial charge in [0.2, 0.25) is 0 Å². The molecule has 0 saturated carbocycles. The maximum atomic E-state index is 5.12. The Hall–Kier alpha value is -7.77. The van der Waals surface area contributed by atoms with Gasteiger partial charge in [-0.15, -0.1) is 0 Å². The second-order valence-corrected chi connectivity index (χ2v) is 13.4. The number of rotatable bonds is 7. The van der Waals surface area contributed by atoms with E-state index in [1.54, 1.807) is 12.4 Å². The normalized spacial score (nSPS) is 11.2. The highest BCUT2D eigenvalue weighted by atomic mass is 15.0. The van der Waals surface area contributed by atoms with Crippen molar-refractivity contribution in [2.45, 2.75) is 0 Å². The molecule has 0 radical (unpaired) electrons. The van der Waals surface area contributed by atoms with Crippen LogP contribution in [0, 0.1) is 0 Å². The van der Waals surface area contributed by atoms with E-state index in [1.165, 1.54) is 0 Å². The third kappa shape index (κ3) is 6.33. The first-order valence-electron chi connectivity index (χ1n) is 18.4. The van der Waals surface area contributed by atoms with Gasteiger partial charge in [-0.2, -0.15) is 0 Å². The monoisotopic (exact) mass is 717 g/mol. The van der Waals surface area contributed by atoms with E-state index in [0.717, 1.165) is 77.7 Å². The van der Waals surface area contributed by atoms with Gasteiger partial charge < -0.3 is 0 Å². The maximum absolute atomic E-state index is 5.12. The fourth-order valence-electron chi connectivity index (χ4n) is 7.05. The minimum Gasteiger partial charge on any atom is -0.254 e. The molecule has 0 saturated heterocycles. The smallest absolute Gasteiger partial charge is 0.164 e. The number of fused-ring (bicyclic) bond motifs is 3. The van der Waals surface area contributed by atoms with Crippen molar-refractivity contribution in [1.29, 1.82) is 0 Å². The third-order valence-corrected chi connectivity index (χ3v) is 9.83.